The molecular weight excluding hydrogens is 132 g/mol. The van der Waals surface area contributed by atoms with Gasteiger partial charge in [0, 0.05) is 4.90 Å². The first-order valence-corrected chi connectivity index (χ1v) is 3.33. The maximum Gasteiger partial charge on any atom is 0.0240 e. The van der Waals surface area contributed by atoms with E-state index in [0.29, 0.717) is 0 Å². The van der Waals surface area contributed by atoms with Crippen LogP contribution in [0.1, 0.15) is 0 Å². The number of hydrazine groups is 1. The van der Waals surface area contributed by atoms with Crippen LogP contribution < -0.4 is 10.7 Å². The van der Waals surface area contributed by atoms with E-state index in [1.165, 1.54) is 11.9 Å². The van der Waals surface area contributed by atoms with Gasteiger partial charge in [0.15, 0.2) is 0 Å². The molecule has 3 N–H and O–H groups in total. The molecule has 0 saturated carbocycles. The highest BCUT2D eigenvalue weighted by Gasteiger charge is 1.85. The Labute approximate surface area is 58.5 Å². The zero-order valence-electron chi connectivity index (χ0n) is 4.79. The molecule has 0 heterocycles. The van der Waals surface area contributed by atoms with Gasteiger partial charge >= 0.3 is 0 Å². The van der Waals surface area contributed by atoms with Crippen molar-refractivity contribution in [2.24, 2.45) is 5.84 Å². The minimum atomic E-state index is 1.09. The molecule has 1 radical (unpaired) electrons. The highest BCUT2D eigenvalue weighted by atomic mass is 32.2. The lowest BCUT2D eigenvalue weighted by atomic mass is 10.4. The van der Waals surface area contributed by atoms with Gasteiger partial charge in [-0.1, -0.05) is 12.1 Å². The first-order valence-electron chi connectivity index (χ1n) is 2.52. The van der Waals surface area contributed by atoms with E-state index in [0.717, 1.165) is 4.90 Å². The molecule has 0 aliphatic carbocycles. The Morgan fingerprint density at radius 3 is 2.67 bits per heavy atom. The van der Waals surface area contributed by atoms with Crippen LogP contribution in [0.15, 0.2) is 29.2 Å². The number of hydrogen-bond donors (Lipinski definition) is 2. The third-order valence-corrected chi connectivity index (χ3v) is 1.49. The summed E-state index contributed by atoms with van der Waals surface area (Å²) >= 11 is 1.38. The maximum absolute atomic E-state index is 5.06. The third kappa shape index (κ3) is 2.05. The summed E-state index contributed by atoms with van der Waals surface area (Å²) in [5.41, 5.74) is 0. The minimum Gasteiger partial charge on any atom is -0.261 e. The molecule has 1 rings (SSSR count). The van der Waals surface area contributed by atoms with E-state index >= 15 is 0 Å². The van der Waals surface area contributed by atoms with Crippen molar-refractivity contribution in [1.29, 1.82) is 0 Å². The van der Waals surface area contributed by atoms with Crippen molar-refractivity contribution in [1.82, 2.24) is 4.83 Å². The molecule has 0 saturated heterocycles. The van der Waals surface area contributed by atoms with Gasteiger partial charge in [0.2, 0.25) is 0 Å². The fraction of sp³-hybridized carbons (Fsp3) is 0. The van der Waals surface area contributed by atoms with E-state index in [1.54, 1.807) is 0 Å². The summed E-state index contributed by atoms with van der Waals surface area (Å²) in [6.45, 7) is 0. The van der Waals surface area contributed by atoms with Crippen molar-refractivity contribution < 1.29 is 0 Å². The van der Waals surface area contributed by atoms with Crippen molar-refractivity contribution in [3.05, 3.63) is 30.3 Å². The second-order valence-corrected chi connectivity index (χ2v) is 2.37. The Bertz CT molecular complexity index is 164. The number of rotatable bonds is 2. The molecule has 0 atom stereocenters. The Morgan fingerprint density at radius 1 is 1.44 bits per heavy atom. The van der Waals surface area contributed by atoms with Crippen molar-refractivity contribution in [2.45, 2.75) is 4.90 Å². The lowest BCUT2D eigenvalue weighted by Crippen LogP contribution is -2.10. The molecule has 2 nitrogen and oxygen atoms in total. The number of benzene rings is 1. The third-order valence-electron chi connectivity index (χ3n) is 0.864. The summed E-state index contributed by atoms with van der Waals surface area (Å²) in [6.07, 6.45) is 0. The van der Waals surface area contributed by atoms with Crippen LogP contribution in [0.3, 0.4) is 0 Å². The molecule has 9 heavy (non-hydrogen) atoms. The van der Waals surface area contributed by atoms with Crippen LogP contribution in [0.2, 0.25) is 0 Å². The molecule has 1 aromatic rings. The lowest BCUT2D eigenvalue weighted by Gasteiger charge is -1.94. The summed E-state index contributed by atoms with van der Waals surface area (Å²) < 4.78 is 0. The molecule has 3 heteroatoms. The summed E-state index contributed by atoms with van der Waals surface area (Å²) in [4.78, 5) is 3.58. The summed E-state index contributed by atoms with van der Waals surface area (Å²) in [5.74, 6) is 5.06. The number of hydrogen-bond acceptors (Lipinski definition) is 3. The highest BCUT2D eigenvalue weighted by Crippen LogP contribution is 2.10. The van der Waals surface area contributed by atoms with Crippen molar-refractivity contribution >= 4 is 11.9 Å². The lowest BCUT2D eigenvalue weighted by molar-refractivity contribution is 1.11. The summed E-state index contributed by atoms with van der Waals surface area (Å²) in [6, 6.07) is 10.5. The Kier molecular flexibility index (Phi) is 2.57. The molecule has 0 spiro atoms. The first kappa shape index (κ1) is 6.61. The molecule has 0 bridgehead atoms. The normalized spacial score (nSPS) is 9.44. The largest absolute Gasteiger partial charge is 0.261 e. The SMILES string of the molecule is NNSc1cc[c]cc1. The van der Waals surface area contributed by atoms with Crippen molar-refractivity contribution in [3.8, 4) is 0 Å². The molecule has 0 aliphatic heterocycles. The topological polar surface area (TPSA) is 38.0 Å². The van der Waals surface area contributed by atoms with Crippen LogP contribution in [0, 0.1) is 6.07 Å². The average Bonchev–Trinajstić information content (AvgIpc) is 1.91. The van der Waals surface area contributed by atoms with E-state index in [4.69, 9.17) is 5.84 Å². The number of nitrogens with one attached hydrogen (secondary N) is 1. The fourth-order valence-electron chi connectivity index (χ4n) is 0.508. The Balaban J connectivity index is 2.61. The van der Waals surface area contributed by atoms with Crippen LogP contribution in [0.4, 0.5) is 0 Å². The predicted molar refractivity (Wildman–Crippen MR) is 38.5 cm³/mol. The Hall–Kier alpha value is -0.510. The highest BCUT2D eigenvalue weighted by molar-refractivity contribution is 7.97. The van der Waals surface area contributed by atoms with Gasteiger partial charge in [-0.15, -0.1) is 0 Å². The quantitative estimate of drug-likeness (QED) is 0.364. The molecule has 0 unspecified atom stereocenters. The maximum atomic E-state index is 5.06. The standard InChI is InChI=1S/C6H7N2S/c7-8-9-6-4-2-1-3-5-6/h2-5,8H,7H2. The Morgan fingerprint density at radius 2 is 2.11 bits per heavy atom. The van der Waals surface area contributed by atoms with E-state index in [2.05, 4.69) is 10.9 Å². The van der Waals surface area contributed by atoms with Crippen molar-refractivity contribution in [3.63, 3.8) is 0 Å². The molecule has 47 valence electrons. The van der Waals surface area contributed by atoms with Crippen LogP contribution in [0.5, 0.6) is 0 Å². The van der Waals surface area contributed by atoms with E-state index in [9.17, 15) is 0 Å². The minimum absolute atomic E-state index is 1.09. The monoisotopic (exact) mass is 139 g/mol. The van der Waals surface area contributed by atoms with Gasteiger partial charge in [0.1, 0.15) is 0 Å². The van der Waals surface area contributed by atoms with Crippen LogP contribution >= 0.6 is 11.9 Å². The zero-order valence-corrected chi connectivity index (χ0v) is 5.61. The van der Waals surface area contributed by atoms with Crippen LogP contribution in [0.25, 0.3) is 0 Å². The average molecular weight is 139 g/mol. The van der Waals surface area contributed by atoms with Gasteiger partial charge in [-0.2, -0.15) is 4.83 Å². The molecular formula is C6H7N2S. The van der Waals surface area contributed by atoms with E-state index < -0.39 is 0 Å². The molecule has 0 fully saturated rings. The van der Waals surface area contributed by atoms with Crippen molar-refractivity contribution in [2.75, 3.05) is 0 Å². The first-order chi connectivity index (χ1) is 4.43. The molecule has 0 amide bonds. The van der Waals surface area contributed by atoms with Crippen LogP contribution in [-0.2, 0) is 0 Å². The van der Waals surface area contributed by atoms with Gasteiger partial charge in [0.25, 0.3) is 0 Å². The summed E-state index contributed by atoms with van der Waals surface area (Å²) in [7, 11) is 0. The molecule has 0 aliphatic rings. The zero-order chi connectivity index (χ0) is 6.53. The second kappa shape index (κ2) is 3.50. The van der Waals surface area contributed by atoms with E-state index in [1.807, 2.05) is 24.3 Å². The van der Waals surface area contributed by atoms with Gasteiger partial charge in [-0.25, -0.2) is 0 Å². The second-order valence-electron chi connectivity index (χ2n) is 1.46. The molecule has 0 aromatic heterocycles. The summed E-state index contributed by atoms with van der Waals surface area (Å²) in [5, 5.41) is 0. The number of nitrogens with two attached hydrogens (primary N) is 1. The van der Waals surface area contributed by atoms with Crippen LogP contribution in [-0.4, -0.2) is 0 Å². The molecule has 1 aromatic carbocycles. The van der Waals surface area contributed by atoms with E-state index in [-0.39, 0.29) is 0 Å². The smallest absolute Gasteiger partial charge is 0.0240 e. The van der Waals surface area contributed by atoms with Gasteiger partial charge in [-0.3, -0.25) is 5.84 Å². The van der Waals surface area contributed by atoms with Gasteiger partial charge in [0.05, 0.1) is 0 Å². The predicted octanol–water partition coefficient (Wildman–Crippen LogP) is 0.957. The van der Waals surface area contributed by atoms with Gasteiger partial charge < -0.3 is 0 Å². The fourth-order valence-corrected chi connectivity index (χ4v) is 0.916. The van der Waals surface area contributed by atoms with Gasteiger partial charge in [-0.05, 0) is 30.1 Å².